The van der Waals surface area contributed by atoms with Crippen molar-refractivity contribution in [2.24, 2.45) is 0 Å². The molecule has 0 radical (unpaired) electrons. The molecule has 0 aliphatic heterocycles. The van der Waals surface area contributed by atoms with E-state index in [0.29, 0.717) is 0 Å². The van der Waals surface area contributed by atoms with Crippen LogP contribution in [-0.4, -0.2) is 0 Å². The lowest BCUT2D eigenvalue weighted by Crippen LogP contribution is -2.28. The summed E-state index contributed by atoms with van der Waals surface area (Å²) in [5.74, 6) is 0. The van der Waals surface area contributed by atoms with Crippen LogP contribution in [0.15, 0.2) is 224 Å². The molecule has 0 spiro atoms. The third kappa shape index (κ3) is 6.12. The molecule has 10 aromatic rings. The van der Waals surface area contributed by atoms with Crippen molar-refractivity contribution in [3.05, 3.63) is 291 Å². The average Bonchev–Trinajstić information content (AvgIpc) is 4.16. The van der Waals surface area contributed by atoms with Gasteiger partial charge in [0.15, 0.2) is 0 Å². The van der Waals surface area contributed by atoms with E-state index >= 15 is 0 Å². The molecule has 0 bridgehead atoms. The molecule has 4 aliphatic carbocycles. The van der Waals surface area contributed by atoms with Crippen molar-refractivity contribution in [2.45, 2.75) is 50.4 Å². The van der Waals surface area contributed by atoms with E-state index in [2.05, 4.69) is 255 Å². The Bertz CT molecular complexity index is 3740. The highest BCUT2D eigenvalue weighted by molar-refractivity contribution is 5.94. The van der Waals surface area contributed by atoms with Crippen LogP contribution in [0.2, 0.25) is 0 Å². The van der Waals surface area contributed by atoms with E-state index in [9.17, 15) is 0 Å². The molecule has 1 heteroatoms. The van der Waals surface area contributed by atoms with Gasteiger partial charge in [-0.2, -0.15) is 0 Å². The van der Waals surface area contributed by atoms with Crippen LogP contribution in [0.25, 0.3) is 56.7 Å². The second-order valence-corrected chi connectivity index (χ2v) is 20.1. The highest BCUT2D eigenvalue weighted by atomic mass is 15.1. The van der Waals surface area contributed by atoms with E-state index in [-0.39, 0.29) is 5.41 Å². The van der Waals surface area contributed by atoms with Crippen LogP contribution in [0.1, 0.15) is 93.5 Å². The minimum atomic E-state index is -0.422. The average molecular weight is 908 g/mol. The lowest BCUT2D eigenvalue weighted by atomic mass is 9.67. The molecule has 0 amide bonds. The van der Waals surface area contributed by atoms with E-state index < -0.39 is 5.41 Å². The monoisotopic (exact) mass is 907 g/mol. The first-order valence-corrected chi connectivity index (χ1v) is 25.6. The van der Waals surface area contributed by atoms with Crippen molar-refractivity contribution in [2.75, 3.05) is 4.90 Å². The van der Waals surface area contributed by atoms with Gasteiger partial charge in [-0.15, -0.1) is 0 Å². The van der Waals surface area contributed by atoms with Crippen LogP contribution < -0.4 is 4.90 Å². The fraction of sp³-hybridized carbons (Fsp3) is 0.114. The van der Waals surface area contributed by atoms with Crippen LogP contribution in [0.3, 0.4) is 0 Å². The lowest BCUT2D eigenvalue weighted by Gasteiger charge is -2.33. The topological polar surface area (TPSA) is 3.24 Å². The molecule has 0 fully saturated rings. The summed E-state index contributed by atoms with van der Waals surface area (Å²) in [6, 6.07) is 84.7. The SMILES string of the molecule is CCC1(CC)c2cc(/C=C/c3cccc4c3-c3ccccc3C4(c3ccccc3)c3ccccc3)ccc2-c2ccc(N(c3ccccc3)c3ccc4c(c3)Cc3cc5c(cc3-4)Cc3ccccc3-5)cc21. The van der Waals surface area contributed by atoms with Gasteiger partial charge in [-0.1, -0.05) is 202 Å². The molecular weight excluding hydrogens is 855 g/mol. The normalized spacial score (nSPS) is 14.5. The Hall–Kier alpha value is -8.26. The van der Waals surface area contributed by atoms with E-state index in [4.69, 9.17) is 0 Å². The Morgan fingerprint density at radius 3 is 1.61 bits per heavy atom. The number of anilines is 3. The first-order chi connectivity index (χ1) is 35.1. The summed E-state index contributed by atoms with van der Waals surface area (Å²) in [6.07, 6.45) is 8.71. The largest absolute Gasteiger partial charge is 0.310 e. The first-order valence-electron chi connectivity index (χ1n) is 25.6. The minimum Gasteiger partial charge on any atom is -0.310 e. The van der Waals surface area contributed by atoms with Gasteiger partial charge < -0.3 is 4.90 Å². The maximum absolute atomic E-state index is 2.52. The maximum atomic E-state index is 2.52. The molecule has 4 aliphatic rings. The molecule has 0 N–H and O–H groups in total. The summed E-state index contributed by atoms with van der Waals surface area (Å²) in [5, 5.41) is 0. The van der Waals surface area contributed by atoms with Crippen molar-refractivity contribution in [3.63, 3.8) is 0 Å². The van der Waals surface area contributed by atoms with Crippen molar-refractivity contribution < 1.29 is 0 Å². The number of fused-ring (bicyclic) bond motifs is 12. The summed E-state index contributed by atoms with van der Waals surface area (Å²) in [5.41, 5.74) is 30.2. The number of rotatable bonds is 9. The lowest BCUT2D eigenvalue weighted by molar-refractivity contribution is 0.490. The molecule has 0 unspecified atom stereocenters. The smallest absolute Gasteiger partial charge is 0.0713 e. The number of hydrogen-bond donors (Lipinski definition) is 0. The quantitative estimate of drug-likeness (QED) is 0.130. The molecule has 338 valence electrons. The maximum Gasteiger partial charge on any atom is 0.0713 e. The Balaban J connectivity index is 0.829. The summed E-state index contributed by atoms with van der Waals surface area (Å²) < 4.78 is 0. The fourth-order valence-electron chi connectivity index (χ4n) is 13.6. The first kappa shape index (κ1) is 41.7. The third-order valence-corrected chi connectivity index (χ3v) is 16.9. The molecule has 10 aromatic carbocycles. The highest BCUT2D eigenvalue weighted by Gasteiger charge is 2.47. The minimum absolute atomic E-state index is 0.122. The van der Waals surface area contributed by atoms with Gasteiger partial charge in [0.25, 0.3) is 0 Å². The highest BCUT2D eigenvalue weighted by Crippen LogP contribution is 2.58. The summed E-state index contributed by atoms with van der Waals surface area (Å²) in [6.45, 7) is 4.77. The van der Waals surface area contributed by atoms with Crippen LogP contribution in [0.5, 0.6) is 0 Å². The Morgan fingerprint density at radius 2 is 0.901 bits per heavy atom. The molecule has 0 aromatic heterocycles. The number of benzene rings is 10. The van der Waals surface area contributed by atoms with Gasteiger partial charge in [-0.3, -0.25) is 0 Å². The molecule has 0 saturated carbocycles. The van der Waals surface area contributed by atoms with Gasteiger partial charge >= 0.3 is 0 Å². The Labute approximate surface area is 418 Å². The summed E-state index contributed by atoms with van der Waals surface area (Å²) >= 11 is 0. The molecule has 14 rings (SSSR count). The van der Waals surface area contributed by atoms with Crippen molar-refractivity contribution in [3.8, 4) is 44.5 Å². The van der Waals surface area contributed by atoms with E-state index in [1.54, 1.807) is 0 Å². The molecular formula is C70H53N. The van der Waals surface area contributed by atoms with Crippen LogP contribution in [0, 0.1) is 0 Å². The van der Waals surface area contributed by atoms with Gasteiger partial charge in [-0.05, 0) is 185 Å². The molecule has 0 atom stereocenters. The van der Waals surface area contributed by atoms with Gasteiger partial charge in [0.2, 0.25) is 0 Å². The Kier molecular flexibility index (Phi) is 9.49. The number of hydrogen-bond acceptors (Lipinski definition) is 1. The van der Waals surface area contributed by atoms with Crippen molar-refractivity contribution in [1.29, 1.82) is 0 Å². The molecule has 71 heavy (non-hydrogen) atoms. The van der Waals surface area contributed by atoms with Gasteiger partial charge in [0.1, 0.15) is 0 Å². The summed E-state index contributed by atoms with van der Waals surface area (Å²) in [4.78, 5) is 2.48. The second-order valence-electron chi connectivity index (χ2n) is 20.1. The predicted molar refractivity (Wildman–Crippen MR) is 297 cm³/mol. The molecule has 1 nitrogen and oxygen atoms in total. The van der Waals surface area contributed by atoms with Gasteiger partial charge in [-0.25, -0.2) is 0 Å². The third-order valence-electron chi connectivity index (χ3n) is 16.9. The van der Waals surface area contributed by atoms with Gasteiger partial charge in [0, 0.05) is 22.5 Å². The van der Waals surface area contributed by atoms with E-state index in [1.807, 2.05) is 0 Å². The molecule has 0 saturated heterocycles. The number of nitrogens with zero attached hydrogens (tertiary/aromatic N) is 1. The molecule has 0 heterocycles. The zero-order valence-electron chi connectivity index (χ0n) is 40.3. The van der Waals surface area contributed by atoms with Gasteiger partial charge in [0.05, 0.1) is 5.41 Å². The van der Waals surface area contributed by atoms with Crippen molar-refractivity contribution >= 4 is 29.2 Å². The fourth-order valence-corrected chi connectivity index (χ4v) is 13.6. The predicted octanol–water partition coefficient (Wildman–Crippen LogP) is 17.9. The zero-order valence-corrected chi connectivity index (χ0v) is 40.3. The van der Waals surface area contributed by atoms with E-state index in [1.165, 1.54) is 128 Å². The zero-order chi connectivity index (χ0) is 47.3. The van der Waals surface area contributed by atoms with Crippen LogP contribution in [-0.2, 0) is 23.7 Å². The van der Waals surface area contributed by atoms with E-state index in [0.717, 1.165) is 25.7 Å². The standard InChI is InChI=1S/C70H53N/c1-3-69(4-2)66-39-46(31-33-47-20-18-30-65-68(47)61-28-16-17-29-64(61)70(65,52-21-8-5-9-22-52)53-23-10-6-11-24-53)32-36-59(66)60-38-35-56(45-67(60)69)71(54-25-12-7-13-26-54)55-34-37-58-49(42-55)41-51-44-62-50(43-63(51)58)40-48-19-14-15-27-57(48)62/h5-39,42-45H,3-4,40-41H2,1-2H3/b33-31+. The summed E-state index contributed by atoms with van der Waals surface area (Å²) in [7, 11) is 0. The second kappa shape index (κ2) is 16.2. The Morgan fingerprint density at radius 1 is 0.366 bits per heavy atom. The number of para-hydroxylation sites is 1. The van der Waals surface area contributed by atoms with Crippen LogP contribution >= 0.6 is 0 Å². The van der Waals surface area contributed by atoms with Crippen LogP contribution in [0.4, 0.5) is 17.1 Å². The van der Waals surface area contributed by atoms with Crippen molar-refractivity contribution in [1.82, 2.24) is 0 Å².